The number of nitrogens with zero attached hydrogens (tertiary/aromatic N) is 1. The molecule has 24 heavy (non-hydrogen) atoms. The van der Waals surface area contributed by atoms with Crippen molar-refractivity contribution in [3.05, 3.63) is 59.2 Å². The largest absolute Gasteiger partial charge is 0.478 e. The number of carbonyl (C=O) groups is 2. The number of fused-ring (bicyclic) bond motifs is 1. The lowest BCUT2D eigenvalue weighted by molar-refractivity contribution is -0.126. The molecule has 1 heterocycles. The van der Waals surface area contributed by atoms with Gasteiger partial charge in [0.05, 0.1) is 17.8 Å². The van der Waals surface area contributed by atoms with E-state index in [0.29, 0.717) is 18.7 Å². The first-order chi connectivity index (χ1) is 11.5. The van der Waals surface area contributed by atoms with E-state index in [1.807, 2.05) is 32.0 Å². The molecule has 0 aliphatic carbocycles. The van der Waals surface area contributed by atoms with Crippen molar-refractivity contribution in [1.82, 2.24) is 0 Å². The number of carboxylic acid groups (broad SMARTS) is 1. The summed E-state index contributed by atoms with van der Waals surface area (Å²) in [7, 11) is 0. The highest BCUT2D eigenvalue weighted by molar-refractivity contribution is 6.00. The molecule has 0 aromatic heterocycles. The standard InChI is InChI=1S/C19H19NO4/c1-3-16-18(21)20(15-9-4-12(2)10-17(15)24-16)11-13-5-7-14(8-6-13)19(22)23/h4-10,16H,3,11H2,1-2H3,(H,22,23). The summed E-state index contributed by atoms with van der Waals surface area (Å²) in [5.74, 6) is -0.323. The van der Waals surface area contributed by atoms with Gasteiger partial charge < -0.3 is 14.7 Å². The minimum Gasteiger partial charge on any atom is -0.478 e. The molecule has 2 aromatic rings. The van der Waals surface area contributed by atoms with E-state index in [1.54, 1.807) is 29.2 Å². The zero-order valence-electron chi connectivity index (χ0n) is 13.7. The van der Waals surface area contributed by atoms with E-state index in [0.717, 1.165) is 16.8 Å². The van der Waals surface area contributed by atoms with E-state index < -0.39 is 12.1 Å². The van der Waals surface area contributed by atoms with Gasteiger partial charge in [0.15, 0.2) is 6.10 Å². The predicted octanol–water partition coefficient (Wildman–Crippen LogP) is 3.40. The smallest absolute Gasteiger partial charge is 0.335 e. The van der Waals surface area contributed by atoms with Crippen molar-refractivity contribution >= 4 is 17.6 Å². The van der Waals surface area contributed by atoms with Crippen LogP contribution in [0.25, 0.3) is 0 Å². The van der Waals surface area contributed by atoms with Gasteiger partial charge >= 0.3 is 5.97 Å². The van der Waals surface area contributed by atoms with Crippen molar-refractivity contribution in [2.24, 2.45) is 0 Å². The lowest BCUT2D eigenvalue weighted by Crippen LogP contribution is -2.45. The Morgan fingerprint density at radius 3 is 2.54 bits per heavy atom. The molecule has 1 atom stereocenters. The molecule has 0 saturated heterocycles. The number of anilines is 1. The molecule has 0 bridgehead atoms. The lowest BCUT2D eigenvalue weighted by Gasteiger charge is -2.34. The first-order valence-electron chi connectivity index (χ1n) is 7.90. The SMILES string of the molecule is CCC1Oc2cc(C)ccc2N(Cc2ccc(C(=O)O)cc2)C1=O. The molecule has 1 N–H and O–H groups in total. The average Bonchev–Trinajstić information content (AvgIpc) is 2.57. The molecule has 0 spiro atoms. The second-order valence-corrected chi connectivity index (χ2v) is 5.91. The Morgan fingerprint density at radius 2 is 1.92 bits per heavy atom. The van der Waals surface area contributed by atoms with Crippen molar-refractivity contribution in [2.75, 3.05) is 4.90 Å². The maximum absolute atomic E-state index is 12.7. The fourth-order valence-electron chi connectivity index (χ4n) is 2.79. The van der Waals surface area contributed by atoms with E-state index in [-0.39, 0.29) is 11.5 Å². The zero-order valence-corrected chi connectivity index (χ0v) is 13.7. The van der Waals surface area contributed by atoms with Crippen LogP contribution in [0.4, 0.5) is 5.69 Å². The Kier molecular flexibility index (Phi) is 4.25. The van der Waals surface area contributed by atoms with Crippen LogP contribution in [-0.4, -0.2) is 23.1 Å². The second-order valence-electron chi connectivity index (χ2n) is 5.91. The molecule has 1 aliphatic heterocycles. The van der Waals surface area contributed by atoms with Crippen molar-refractivity contribution in [3.8, 4) is 5.75 Å². The van der Waals surface area contributed by atoms with Crippen LogP contribution in [0.3, 0.4) is 0 Å². The Labute approximate surface area is 140 Å². The second kappa shape index (κ2) is 6.35. The molecule has 0 saturated carbocycles. The Balaban J connectivity index is 1.93. The highest BCUT2D eigenvalue weighted by Gasteiger charge is 2.33. The van der Waals surface area contributed by atoms with Crippen molar-refractivity contribution in [3.63, 3.8) is 0 Å². The fraction of sp³-hybridized carbons (Fsp3) is 0.263. The monoisotopic (exact) mass is 325 g/mol. The van der Waals surface area contributed by atoms with Gasteiger partial charge in [0.2, 0.25) is 0 Å². The van der Waals surface area contributed by atoms with Gasteiger partial charge in [0, 0.05) is 0 Å². The number of ether oxygens (including phenoxy) is 1. The number of aromatic carboxylic acids is 1. The summed E-state index contributed by atoms with van der Waals surface area (Å²) in [5.41, 5.74) is 2.92. The van der Waals surface area contributed by atoms with E-state index in [9.17, 15) is 9.59 Å². The van der Waals surface area contributed by atoms with Gasteiger partial charge in [-0.2, -0.15) is 0 Å². The number of amides is 1. The summed E-state index contributed by atoms with van der Waals surface area (Å²) >= 11 is 0. The molecule has 5 nitrogen and oxygen atoms in total. The van der Waals surface area contributed by atoms with Crippen molar-refractivity contribution in [1.29, 1.82) is 0 Å². The highest BCUT2D eigenvalue weighted by Crippen LogP contribution is 2.36. The molecule has 1 amide bonds. The summed E-state index contributed by atoms with van der Waals surface area (Å²) < 4.78 is 5.82. The minimum atomic E-state index is -0.962. The molecule has 1 unspecified atom stereocenters. The summed E-state index contributed by atoms with van der Waals surface area (Å²) in [6.07, 6.45) is 0.110. The summed E-state index contributed by atoms with van der Waals surface area (Å²) in [6.45, 7) is 4.29. The summed E-state index contributed by atoms with van der Waals surface area (Å²) in [4.78, 5) is 25.4. The maximum Gasteiger partial charge on any atom is 0.335 e. The fourth-order valence-corrected chi connectivity index (χ4v) is 2.79. The molecule has 3 rings (SSSR count). The predicted molar refractivity (Wildman–Crippen MR) is 90.5 cm³/mol. The van der Waals surface area contributed by atoms with E-state index in [1.165, 1.54) is 0 Å². The molecule has 0 radical (unpaired) electrons. The van der Waals surface area contributed by atoms with Crippen LogP contribution >= 0.6 is 0 Å². The van der Waals surface area contributed by atoms with Gasteiger partial charge in [-0.25, -0.2) is 4.79 Å². The highest BCUT2D eigenvalue weighted by atomic mass is 16.5. The van der Waals surface area contributed by atoms with Crippen LogP contribution in [0.5, 0.6) is 5.75 Å². The molecule has 5 heteroatoms. The third kappa shape index (κ3) is 2.97. The van der Waals surface area contributed by atoms with E-state index >= 15 is 0 Å². The Bertz CT molecular complexity index is 782. The number of hydrogen-bond acceptors (Lipinski definition) is 3. The summed E-state index contributed by atoms with van der Waals surface area (Å²) in [6, 6.07) is 12.3. The quantitative estimate of drug-likeness (QED) is 0.935. The van der Waals surface area contributed by atoms with Crippen LogP contribution in [0, 0.1) is 6.92 Å². The van der Waals surface area contributed by atoms with E-state index in [4.69, 9.17) is 9.84 Å². The first-order valence-corrected chi connectivity index (χ1v) is 7.90. The summed E-state index contributed by atoms with van der Waals surface area (Å²) in [5, 5.41) is 8.98. The van der Waals surface area contributed by atoms with Gasteiger partial charge in [-0.1, -0.05) is 25.1 Å². The molecule has 1 aliphatic rings. The van der Waals surface area contributed by atoms with Crippen molar-refractivity contribution in [2.45, 2.75) is 32.9 Å². The Hall–Kier alpha value is -2.82. The van der Waals surface area contributed by atoms with Gasteiger partial charge in [-0.15, -0.1) is 0 Å². The van der Waals surface area contributed by atoms with E-state index in [2.05, 4.69) is 0 Å². The van der Waals surface area contributed by atoms with Gasteiger partial charge in [-0.05, 0) is 48.7 Å². The van der Waals surface area contributed by atoms with Gasteiger partial charge in [0.25, 0.3) is 5.91 Å². The van der Waals surface area contributed by atoms with Crippen LogP contribution in [0.2, 0.25) is 0 Å². The molecule has 2 aromatic carbocycles. The topological polar surface area (TPSA) is 66.8 Å². The van der Waals surface area contributed by atoms with Gasteiger partial charge in [-0.3, -0.25) is 4.79 Å². The number of carbonyl (C=O) groups excluding carboxylic acids is 1. The molecular formula is C19H19NO4. The average molecular weight is 325 g/mol. The van der Waals surface area contributed by atoms with Gasteiger partial charge in [0.1, 0.15) is 5.75 Å². The first kappa shape index (κ1) is 16.1. The number of hydrogen-bond donors (Lipinski definition) is 1. The molecular weight excluding hydrogens is 306 g/mol. The number of benzene rings is 2. The minimum absolute atomic E-state index is 0.0730. The third-order valence-corrected chi connectivity index (χ3v) is 4.13. The zero-order chi connectivity index (χ0) is 17.3. The number of aryl methyl sites for hydroxylation is 1. The van der Waals surface area contributed by atoms with Crippen LogP contribution in [0.1, 0.15) is 34.8 Å². The third-order valence-electron chi connectivity index (χ3n) is 4.13. The number of carboxylic acids is 1. The Morgan fingerprint density at radius 1 is 1.21 bits per heavy atom. The maximum atomic E-state index is 12.7. The number of rotatable bonds is 4. The van der Waals surface area contributed by atoms with Crippen LogP contribution in [0.15, 0.2) is 42.5 Å². The molecule has 124 valence electrons. The molecule has 0 fully saturated rings. The normalized spacial score (nSPS) is 16.5. The van der Waals surface area contributed by atoms with Crippen molar-refractivity contribution < 1.29 is 19.4 Å². The van der Waals surface area contributed by atoms with Crippen LogP contribution < -0.4 is 9.64 Å². The van der Waals surface area contributed by atoms with Crippen LogP contribution in [-0.2, 0) is 11.3 Å². The lowest BCUT2D eigenvalue weighted by atomic mass is 10.1.